The van der Waals surface area contributed by atoms with Crippen molar-refractivity contribution in [3.8, 4) is 0 Å². The summed E-state index contributed by atoms with van der Waals surface area (Å²) >= 11 is 1.88. The standard InChI is InChI=1S/C13H21NOS/c1-3-10-5-6-11(16-10)9-12(14)13(2)7-4-8-15-13/h5-6,12H,3-4,7-9,14H2,1-2H3. The van der Waals surface area contributed by atoms with Gasteiger partial charge in [0.25, 0.3) is 0 Å². The first-order chi connectivity index (χ1) is 7.64. The maximum absolute atomic E-state index is 6.28. The minimum atomic E-state index is -0.101. The lowest BCUT2D eigenvalue weighted by atomic mass is 9.91. The molecule has 2 unspecified atom stereocenters. The van der Waals surface area contributed by atoms with E-state index in [-0.39, 0.29) is 11.6 Å². The van der Waals surface area contributed by atoms with Gasteiger partial charge in [0.2, 0.25) is 0 Å². The highest BCUT2D eigenvalue weighted by Gasteiger charge is 2.36. The third kappa shape index (κ3) is 2.47. The predicted octanol–water partition coefficient (Wildman–Crippen LogP) is 2.75. The highest BCUT2D eigenvalue weighted by molar-refractivity contribution is 7.11. The van der Waals surface area contributed by atoms with Gasteiger partial charge in [-0.2, -0.15) is 0 Å². The van der Waals surface area contributed by atoms with Gasteiger partial charge in [0.15, 0.2) is 0 Å². The van der Waals surface area contributed by atoms with Gasteiger partial charge in [0.1, 0.15) is 0 Å². The smallest absolute Gasteiger partial charge is 0.0809 e. The fourth-order valence-corrected chi connectivity index (χ4v) is 3.26. The summed E-state index contributed by atoms with van der Waals surface area (Å²) in [5, 5.41) is 0. The highest BCUT2D eigenvalue weighted by Crippen LogP contribution is 2.30. The van der Waals surface area contributed by atoms with Crippen molar-refractivity contribution in [3.63, 3.8) is 0 Å². The van der Waals surface area contributed by atoms with Gasteiger partial charge in [-0.15, -0.1) is 11.3 Å². The fourth-order valence-electron chi connectivity index (χ4n) is 2.25. The van der Waals surface area contributed by atoms with Crippen LogP contribution in [0.4, 0.5) is 0 Å². The van der Waals surface area contributed by atoms with E-state index in [1.54, 1.807) is 0 Å². The molecule has 0 bridgehead atoms. The monoisotopic (exact) mass is 239 g/mol. The predicted molar refractivity (Wildman–Crippen MR) is 69.0 cm³/mol. The van der Waals surface area contributed by atoms with Crippen molar-refractivity contribution >= 4 is 11.3 Å². The number of rotatable bonds is 4. The summed E-state index contributed by atoms with van der Waals surface area (Å²) in [4.78, 5) is 2.83. The van der Waals surface area contributed by atoms with Crippen molar-refractivity contribution in [1.82, 2.24) is 0 Å². The summed E-state index contributed by atoms with van der Waals surface area (Å²) in [6.45, 7) is 5.21. The van der Waals surface area contributed by atoms with Gasteiger partial charge >= 0.3 is 0 Å². The number of thiophene rings is 1. The summed E-state index contributed by atoms with van der Waals surface area (Å²) in [6, 6.07) is 4.55. The molecule has 1 saturated heterocycles. The van der Waals surface area contributed by atoms with Crippen molar-refractivity contribution in [2.45, 2.75) is 51.2 Å². The Morgan fingerprint density at radius 1 is 1.50 bits per heavy atom. The molecule has 0 saturated carbocycles. The first-order valence-corrected chi connectivity index (χ1v) is 6.93. The van der Waals surface area contributed by atoms with Crippen LogP contribution in [0.15, 0.2) is 12.1 Å². The molecule has 1 aliphatic rings. The molecule has 2 atom stereocenters. The second-order valence-electron chi connectivity index (χ2n) is 4.80. The Hall–Kier alpha value is -0.380. The summed E-state index contributed by atoms with van der Waals surface area (Å²) in [5.41, 5.74) is 6.18. The molecule has 2 N–H and O–H groups in total. The van der Waals surface area contributed by atoms with E-state index in [1.165, 1.54) is 9.75 Å². The zero-order valence-electron chi connectivity index (χ0n) is 10.2. The maximum Gasteiger partial charge on any atom is 0.0809 e. The van der Waals surface area contributed by atoms with Crippen LogP contribution in [0.25, 0.3) is 0 Å². The second-order valence-corrected chi connectivity index (χ2v) is 6.05. The molecule has 1 fully saturated rings. The topological polar surface area (TPSA) is 35.2 Å². The van der Waals surface area contributed by atoms with Gasteiger partial charge in [-0.25, -0.2) is 0 Å². The quantitative estimate of drug-likeness (QED) is 0.877. The van der Waals surface area contributed by atoms with E-state index in [0.717, 1.165) is 32.3 Å². The Balaban J connectivity index is 1.98. The van der Waals surface area contributed by atoms with E-state index in [1.807, 2.05) is 11.3 Å². The van der Waals surface area contributed by atoms with Crippen molar-refractivity contribution in [2.75, 3.05) is 6.61 Å². The number of nitrogens with two attached hydrogens (primary N) is 1. The second kappa shape index (κ2) is 4.86. The van der Waals surface area contributed by atoms with Crippen molar-refractivity contribution in [1.29, 1.82) is 0 Å². The summed E-state index contributed by atoms with van der Waals surface area (Å²) < 4.78 is 5.79. The molecule has 0 spiro atoms. The molecule has 0 radical (unpaired) electrons. The SMILES string of the molecule is CCc1ccc(CC(N)C2(C)CCCO2)s1. The molecule has 0 aromatic carbocycles. The van der Waals surface area contributed by atoms with Crippen LogP contribution in [-0.4, -0.2) is 18.2 Å². The van der Waals surface area contributed by atoms with Crippen LogP contribution in [0.3, 0.4) is 0 Å². The highest BCUT2D eigenvalue weighted by atomic mass is 32.1. The van der Waals surface area contributed by atoms with Crippen molar-refractivity contribution in [3.05, 3.63) is 21.9 Å². The van der Waals surface area contributed by atoms with Gasteiger partial charge in [-0.3, -0.25) is 0 Å². The molecular formula is C13H21NOS. The third-order valence-electron chi connectivity index (χ3n) is 3.52. The number of ether oxygens (including phenoxy) is 1. The van der Waals surface area contributed by atoms with Crippen LogP contribution in [0.5, 0.6) is 0 Å². The van der Waals surface area contributed by atoms with Crippen LogP contribution in [0.2, 0.25) is 0 Å². The van der Waals surface area contributed by atoms with E-state index in [0.29, 0.717) is 0 Å². The first-order valence-electron chi connectivity index (χ1n) is 6.11. The molecule has 0 aliphatic carbocycles. The van der Waals surface area contributed by atoms with E-state index in [9.17, 15) is 0 Å². The lowest BCUT2D eigenvalue weighted by molar-refractivity contribution is -0.000718. The lowest BCUT2D eigenvalue weighted by Gasteiger charge is -2.30. The van der Waals surface area contributed by atoms with Gasteiger partial charge < -0.3 is 10.5 Å². The number of hydrogen-bond acceptors (Lipinski definition) is 3. The van der Waals surface area contributed by atoms with Crippen LogP contribution < -0.4 is 5.73 Å². The van der Waals surface area contributed by atoms with Crippen molar-refractivity contribution < 1.29 is 4.74 Å². The van der Waals surface area contributed by atoms with E-state index < -0.39 is 0 Å². The van der Waals surface area contributed by atoms with E-state index in [2.05, 4.69) is 26.0 Å². The molecule has 1 aromatic heterocycles. The molecule has 90 valence electrons. The van der Waals surface area contributed by atoms with Crippen LogP contribution >= 0.6 is 11.3 Å². The Morgan fingerprint density at radius 2 is 2.25 bits per heavy atom. The first kappa shape index (κ1) is 12.1. The molecule has 2 heterocycles. The maximum atomic E-state index is 6.28. The molecular weight excluding hydrogens is 218 g/mol. The molecule has 3 heteroatoms. The number of hydrogen-bond donors (Lipinski definition) is 1. The molecule has 0 amide bonds. The average Bonchev–Trinajstić information content (AvgIpc) is 2.88. The Labute approximate surface area is 102 Å². The number of aryl methyl sites for hydroxylation is 1. The van der Waals surface area contributed by atoms with E-state index >= 15 is 0 Å². The Morgan fingerprint density at radius 3 is 2.81 bits per heavy atom. The third-order valence-corrected chi connectivity index (χ3v) is 4.77. The molecule has 16 heavy (non-hydrogen) atoms. The Kier molecular flexibility index (Phi) is 3.67. The summed E-state index contributed by atoms with van der Waals surface area (Å²) in [6.07, 6.45) is 4.31. The van der Waals surface area contributed by atoms with Crippen LogP contribution in [-0.2, 0) is 17.6 Å². The zero-order valence-corrected chi connectivity index (χ0v) is 11.0. The normalized spacial score (nSPS) is 27.2. The molecule has 2 nitrogen and oxygen atoms in total. The van der Waals surface area contributed by atoms with Gasteiger partial charge in [0.05, 0.1) is 5.60 Å². The summed E-state index contributed by atoms with van der Waals surface area (Å²) in [5.74, 6) is 0. The lowest BCUT2D eigenvalue weighted by Crippen LogP contribution is -2.46. The molecule has 1 aromatic rings. The van der Waals surface area contributed by atoms with Crippen LogP contribution in [0.1, 0.15) is 36.4 Å². The molecule has 2 rings (SSSR count). The largest absolute Gasteiger partial charge is 0.374 e. The van der Waals surface area contributed by atoms with Crippen LogP contribution in [0, 0.1) is 0 Å². The average molecular weight is 239 g/mol. The van der Waals surface area contributed by atoms with Gasteiger partial charge in [-0.05, 0) is 44.7 Å². The summed E-state index contributed by atoms with van der Waals surface area (Å²) in [7, 11) is 0. The minimum Gasteiger partial charge on any atom is -0.374 e. The van der Waals surface area contributed by atoms with Gasteiger partial charge in [-0.1, -0.05) is 6.92 Å². The van der Waals surface area contributed by atoms with E-state index in [4.69, 9.17) is 10.5 Å². The zero-order chi connectivity index (χ0) is 11.6. The van der Waals surface area contributed by atoms with Gasteiger partial charge in [0, 0.05) is 22.4 Å². The molecule has 1 aliphatic heterocycles. The Bertz CT molecular complexity index is 341. The minimum absolute atomic E-state index is 0.101. The van der Waals surface area contributed by atoms with Crippen molar-refractivity contribution in [2.24, 2.45) is 5.73 Å². The fraction of sp³-hybridized carbons (Fsp3) is 0.692.